The summed E-state index contributed by atoms with van der Waals surface area (Å²) in [7, 11) is 0. The molecular weight excluding hydrogens is 570 g/mol. The summed E-state index contributed by atoms with van der Waals surface area (Å²) in [5.74, 6) is 1.07. The largest absolute Gasteiger partial charge is 0.444 e. The highest BCUT2D eigenvalue weighted by Crippen LogP contribution is 2.25. The Morgan fingerprint density at radius 3 is 2.47 bits per heavy atom. The molecule has 4 amide bonds. The van der Waals surface area contributed by atoms with E-state index in [0.717, 1.165) is 35.3 Å². The Hall–Kier alpha value is -3.87. The Balaban J connectivity index is 1.46. The Kier molecular flexibility index (Phi) is 9.83. The number of likely N-dealkylation sites (tertiary alicyclic amines) is 1. The summed E-state index contributed by atoms with van der Waals surface area (Å²) in [6.45, 7) is 12.3. The number of fused-ring (bicyclic) bond motifs is 1. The molecule has 234 valence electrons. The van der Waals surface area contributed by atoms with Crippen LogP contribution in [0.25, 0.3) is 11.0 Å². The monoisotopic (exact) mass is 613 g/mol. The molecule has 1 saturated heterocycles. The van der Waals surface area contributed by atoms with Gasteiger partial charge in [0.15, 0.2) is 0 Å². The van der Waals surface area contributed by atoms with Crippen molar-refractivity contribution in [1.82, 2.24) is 24.8 Å². The van der Waals surface area contributed by atoms with Crippen LogP contribution in [0.3, 0.4) is 0 Å². The minimum Gasteiger partial charge on any atom is -0.444 e. The molecule has 3 aromatic rings. The van der Waals surface area contributed by atoms with Crippen LogP contribution in [0.5, 0.6) is 0 Å². The van der Waals surface area contributed by atoms with Gasteiger partial charge in [-0.1, -0.05) is 12.1 Å². The van der Waals surface area contributed by atoms with E-state index < -0.39 is 29.4 Å². The first kappa shape index (κ1) is 32.1. The van der Waals surface area contributed by atoms with Crippen molar-refractivity contribution in [1.29, 1.82) is 0 Å². The number of rotatable bonds is 8. The molecule has 0 aliphatic carbocycles. The number of carbonyl (C=O) groups is 3. The summed E-state index contributed by atoms with van der Waals surface area (Å²) in [5, 5.41) is 2.50. The number of urea groups is 1. The average molecular weight is 614 g/mol. The molecule has 0 radical (unpaired) electrons. The van der Waals surface area contributed by atoms with Crippen molar-refractivity contribution in [2.24, 2.45) is 5.73 Å². The predicted octanol–water partition coefficient (Wildman–Crippen LogP) is 5.67. The minimum atomic E-state index is -0.661. The summed E-state index contributed by atoms with van der Waals surface area (Å²) in [6.07, 6.45) is 2.12. The molecule has 1 fully saturated rings. The second-order valence-corrected chi connectivity index (χ2v) is 13.7. The van der Waals surface area contributed by atoms with Gasteiger partial charge in [-0.3, -0.25) is 4.90 Å². The standard InChI is InChI=1S/C30H43N7O5S/c1-29(2,3)41-27(39)35(18-23-32-21-12-7-8-13-22(21)33-23)16-14-25-34-24(19-43-25)37(26(31)38)17-20-11-9-10-15-36(20)28(40)42-30(4,5)6/h7-8,12-13,19-20H,9-11,14-18H2,1-6H3,(H2,31,38)(H,32,33). The van der Waals surface area contributed by atoms with Crippen LogP contribution in [0, 0.1) is 0 Å². The lowest BCUT2D eigenvalue weighted by molar-refractivity contribution is 0.0107. The maximum absolute atomic E-state index is 13.1. The lowest BCUT2D eigenvalue weighted by atomic mass is 10.0. The van der Waals surface area contributed by atoms with Crippen molar-refractivity contribution in [3.8, 4) is 0 Å². The predicted molar refractivity (Wildman–Crippen MR) is 166 cm³/mol. The molecule has 13 heteroatoms. The fraction of sp³-hybridized carbons (Fsp3) is 0.567. The molecule has 3 N–H and O–H groups in total. The van der Waals surface area contributed by atoms with Gasteiger partial charge >= 0.3 is 18.2 Å². The zero-order valence-electron chi connectivity index (χ0n) is 25.9. The number of piperidine rings is 1. The maximum Gasteiger partial charge on any atom is 0.410 e. The van der Waals surface area contributed by atoms with Crippen LogP contribution >= 0.6 is 11.3 Å². The van der Waals surface area contributed by atoms with E-state index >= 15 is 0 Å². The third-order valence-electron chi connectivity index (χ3n) is 6.76. The second-order valence-electron chi connectivity index (χ2n) is 12.7. The molecular formula is C30H43N7O5S. The number of hydrogen-bond donors (Lipinski definition) is 2. The number of nitrogens with zero attached hydrogens (tertiary/aromatic N) is 5. The van der Waals surface area contributed by atoms with Gasteiger partial charge in [0, 0.05) is 31.4 Å². The summed E-state index contributed by atoms with van der Waals surface area (Å²) in [6, 6.07) is 6.80. The number of nitrogens with two attached hydrogens (primary N) is 1. The van der Waals surface area contributed by atoms with E-state index in [-0.39, 0.29) is 19.1 Å². The molecule has 2 aromatic heterocycles. The van der Waals surface area contributed by atoms with Crippen molar-refractivity contribution in [2.45, 2.75) is 91.0 Å². The molecule has 12 nitrogen and oxygen atoms in total. The number of para-hydroxylation sites is 2. The Morgan fingerprint density at radius 2 is 1.79 bits per heavy atom. The topological polar surface area (TPSA) is 147 Å². The van der Waals surface area contributed by atoms with Crippen molar-refractivity contribution >= 4 is 46.4 Å². The van der Waals surface area contributed by atoms with Gasteiger partial charge in [-0.25, -0.2) is 24.4 Å². The van der Waals surface area contributed by atoms with E-state index in [1.165, 1.54) is 16.2 Å². The molecule has 1 aromatic carbocycles. The minimum absolute atomic E-state index is 0.216. The Bertz CT molecular complexity index is 1390. The number of H-pyrrole nitrogens is 1. The quantitative estimate of drug-likeness (QED) is 0.332. The first-order chi connectivity index (χ1) is 20.2. The van der Waals surface area contributed by atoms with Crippen LogP contribution < -0.4 is 10.6 Å². The molecule has 3 heterocycles. The number of aromatic amines is 1. The van der Waals surface area contributed by atoms with Crippen LogP contribution in [0.4, 0.5) is 20.2 Å². The number of nitrogens with one attached hydrogen (secondary N) is 1. The SMILES string of the molecule is CC(C)(C)OC(=O)N(CCc1nc(N(CC2CCCCN2C(=O)OC(C)(C)C)C(N)=O)cs1)Cc1nc2ccccc2[nH]1. The molecule has 1 atom stereocenters. The number of anilines is 1. The molecule has 1 unspecified atom stereocenters. The molecule has 1 aliphatic rings. The van der Waals surface area contributed by atoms with Crippen molar-refractivity contribution in [2.75, 3.05) is 24.5 Å². The number of aromatic nitrogens is 3. The highest BCUT2D eigenvalue weighted by molar-refractivity contribution is 7.10. The summed E-state index contributed by atoms with van der Waals surface area (Å²) in [5.41, 5.74) is 6.22. The fourth-order valence-corrected chi connectivity index (χ4v) is 5.63. The number of ether oxygens (including phenoxy) is 2. The van der Waals surface area contributed by atoms with Crippen LogP contribution in [0.1, 0.15) is 71.6 Å². The lowest BCUT2D eigenvalue weighted by Crippen LogP contribution is -2.53. The zero-order chi connectivity index (χ0) is 31.4. The van der Waals surface area contributed by atoms with E-state index in [0.29, 0.717) is 31.2 Å². The highest BCUT2D eigenvalue weighted by atomic mass is 32.1. The van der Waals surface area contributed by atoms with Gasteiger partial charge in [0.05, 0.1) is 28.6 Å². The summed E-state index contributed by atoms with van der Waals surface area (Å²) >= 11 is 1.38. The Morgan fingerprint density at radius 1 is 1.07 bits per heavy atom. The number of imidazole rings is 1. The van der Waals surface area contributed by atoms with E-state index in [1.54, 1.807) is 15.2 Å². The smallest absolute Gasteiger partial charge is 0.410 e. The summed E-state index contributed by atoms with van der Waals surface area (Å²) < 4.78 is 11.3. The van der Waals surface area contributed by atoms with Crippen molar-refractivity contribution in [3.63, 3.8) is 0 Å². The van der Waals surface area contributed by atoms with Crippen LogP contribution in [0.15, 0.2) is 29.6 Å². The van der Waals surface area contributed by atoms with Gasteiger partial charge in [-0.15, -0.1) is 11.3 Å². The van der Waals surface area contributed by atoms with Gasteiger partial charge in [-0.05, 0) is 72.9 Å². The van der Waals surface area contributed by atoms with E-state index in [2.05, 4.69) is 15.0 Å². The number of hydrogen-bond acceptors (Lipinski definition) is 8. The molecule has 4 rings (SSSR count). The van der Waals surface area contributed by atoms with Gasteiger partial charge < -0.3 is 30.0 Å². The molecule has 0 bridgehead atoms. The molecule has 0 spiro atoms. The first-order valence-electron chi connectivity index (χ1n) is 14.6. The van der Waals surface area contributed by atoms with Crippen molar-refractivity contribution < 1.29 is 23.9 Å². The molecule has 43 heavy (non-hydrogen) atoms. The molecule has 0 saturated carbocycles. The van der Waals surface area contributed by atoms with Gasteiger partial charge in [-0.2, -0.15) is 0 Å². The third kappa shape index (κ3) is 9.06. The zero-order valence-corrected chi connectivity index (χ0v) is 26.7. The molecule has 1 aliphatic heterocycles. The second kappa shape index (κ2) is 13.2. The van der Waals surface area contributed by atoms with Gasteiger partial charge in [0.25, 0.3) is 0 Å². The van der Waals surface area contributed by atoms with E-state index in [9.17, 15) is 14.4 Å². The maximum atomic E-state index is 13.1. The Labute approximate surface area is 256 Å². The number of amides is 4. The lowest BCUT2D eigenvalue weighted by Gasteiger charge is -2.38. The first-order valence-corrected chi connectivity index (χ1v) is 15.5. The number of carbonyl (C=O) groups excluding carboxylic acids is 3. The van der Waals surface area contributed by atoms with Crippen LogP contribution in [-0.2, 0) is 22.4 Å². The van der Waals surface area contributed by atoms with E-state index in [1.807, 2.05) is 65.8 Å². The summed E-state index contributed by atoms with van der Waals surface area (Å²) in [4.78, 5) is 55.8. The van der Waals surface area contributed by atoms with Crippen molar-refractivity contribution in [3.05, 3.63) is 40.5 Å². The van der Waals surface area contributed by atoms with Gasteiger partial charge in [0.1, 0.15) is 22.8 Å². The number of benzene rings is 1. The average Bonchev–Trinajstić information content (AvgIpc) is 3.54. The number of primary amides is 1. The highest BCUT2D eigenvalue weighted by Gasteiger charge is 2.33. The number of thiazole rings is 1. The van der Waals surface area contributed by atoms with E-state index in [4.69, 9.17) is 15.2 Å². The fourth-order valence-electron chi connectivity index (χ4n) is 4.85. The normalized spacial score (nSPS) is 15.8. The van der Waals surface area contributed by atoms with Gasteiger partial charge in [0.2, 0.25) is 0 Å². The third-order valence-corrected chi connectivity index (χ3v) is 7.65. The van der Waals surface area contributed by atoms with Crippen LogP contribution in [-0.4, -0.2) is 79.8 Å². The van der Waals surface area contributed by atoms with Crippen LogP contribution in [0.2, 0.25) is 0 Å².